The van der Waals surface area contributed by atoms with Gasteiger partial charge in [-0.15, -0.1) is 0 Å². The van der Waals surface area contributed by atoms with Crippen molar-refractivity contribution in [1.29, 1.82) is 0 Å². The van der Waals surface area contributed by atoms with Gasteiger partial charge in [0.05, 0.1) is 4.90 Å². The van der Waals surface area contributed by atoms with E-state index < -0.39 is 11.0 Å². The quantitative estimate of drug-likeness (QED) is 0.800. The molecule has 1 unspecified atom stereocenters. The number of anilines is 1. The summed E-state index contributed by atoms with van der Waals surface area (Å²) in [6, 6.07) is 13.5. The molecule has 0 radical (unpaired) electrons. The lowest BCUT2D eigenvalue weighted by molar-refractivity contribution is 0.590. The van der Waals surface area contributed by atoms with Crippen molar-refractivity contribution in [3.05, 3.63) is 54.9 Å². The van der Waals surface area contributed by atoms with Crippen molar-refractivity contribution < 1.29 is 4.21 Å². The van der Waals surface area contributed by atoms with Crippen LogP contribution in [-0.2, 0) is 11.0 Å². The van der Waals surface area contributed by atoms with E-state index in [1.807, 2.05) is 48.7 Å². The number of hydrogen-bond acceptors (Lipinski definition) is 4. The van der Waals surface area contributed by atoms with E-state index in [4.69, 9.17) is 0 Å². The molecule has 5 nitrogen and oxygen atoms in total. The van der Waals surface area contributed by atoms with Crippen LogP contribution in [0, 0.1) is 0 Å². The second-order valence-corrected chi connectivity index (χ2v) is 6.87. The molecule has 118 valence electrons. The Bertz CT molecular complexity index is 840. The summed E-state index contributed by atoms with van der Waals surface area (Å²) >= 11 is 0. The topological polar surface area (TPSA) is 50.2 Å². The van der Waals surface area contributed by atoms with Crippen LogP contribution >= 0.6 is 0 Å². The van der Waals surface area contributed by atoms with Gasteiger partial charge in [-0.3, -0.25) is 0 Å². The number of benzene rings is 1. The third kappa shape index (κ3) is 2.64. The minimum Gasteiger partial charge on any atom is -0.368 e. The highest BCUT2D eigenvalue weighted by atomic mass is 32.2. The Morgan fingerprint density at radius 3 is 2.61 bits per heavy atom. The van der Waals surface area contributed by atoms with Gasteiger partial charge in [0.2, 0.25) is 0 Å². The molecule has 3 aromatic rings. The van der Waals surface area contributed by atoms with Gasteiger partial charge in [-0.1, -0.05) is 18.2 Å². The molecule has 2 aromatic heterocycles. The van der Waals surface area contributed by atoms with Gasteiger partial charge in [0.25, 0.3) is 0 Å². The second-order valence-electron chi connectivity index (χ2n) is 5.51. The Morgan fingerprint density at radius 2 is 1.83 bits per heavy atom. The third-order valence-corrected chi connectivity index (χ3v) is 5.44. The van der Waals surface area contributed by atoms with Crippen LogP contribution in [0.15, 0.2) is 59.8 Å². The molecule has 3 heterocycles. The van der Waals surface area contributed by atoms with E-state index in [0.717, 1.165) is 42.1 Å². The average molecular weight is 326 g/mol. The van der Waals surface area contributed by atoms with E-state index in [9.17, 15) is 4.21 Å². The Labute approximate surface area is 137 Å². The molecular formula is C17H18N4OS. The van der Waals surface area contributed by atoms with E-state index in [1.165, 1.54) is 5.69 Å². The molecule has 0 spiro atoms. The summed E-state index contributed by atoms with van der Waals surface area (Å²) in [6.45, 7) is 3.93. The molecule has 0 amide bonds. The maximum atomic E-state index is 12.8. The summed E-state index contributed by atoms with van der Waals surface area (Å²) in [5.41, 5.74) is 1.93. The van der Waals surface area contributed by atoms with Gasteiger partial charge in [-0.05, 0) is 24.3 Å². The third-order valence-electron chi connectivity index (χ3n) is 4.11. The number of hydrogen-bond donors (Lipinski definition) is 1. The van der Waals surface area contributed by atoms with E-state index in [1.54, 1.807) is 10.2 Å². The molecule has 4 rings (SSSR count). The molecule has 1 atom stereocenters. The van der Waals surface area contributed by atoms with Crippen LogP contribution in [0.5, 0.6) is 0 Å². The largest absolute Gasteiger partial charge is 0.368 e. The summed E-state index contributed by atoms with van der Waals surface area (Å²) in [6.07, 6.45) is 3.67. The van der Waals surface area contributed by atoms with Crippen molar-refractivity contribution in [2.24, 2.45) is 0 Å². The SMILES string of the molecule is O=S(c1ccccc1)n1ccc2c(N3CCNCC3)ccnc21. The molecule has 1 fully saturated rings. The predicted molar refractivity (Wildman–Crippen MR) is 93.1 cm³/mol. The molecule has 0 bridgehead atoms. The highest BCUT2D eigenvalue weighted by Gasteiger charge is 2.17. The fraction of sp³-hybridized carbons (Fsp3) is 0.235. The number of aromatic nitrogens is 2. The molecule has 1 aromatic carbocycles. The van der Waals surface area contributed by atoms with E-state index >= 15 is 0 Å². The minimum absolute atomic E-state index is 0.767. The second kappa shape index (κ2) is 6.14. The van der Waals surface area contributed by atoms with Gasteiger partial charge in [0.15, 0.2) is 16.6 Å². The lowest BCUT2D eigenvalue weighted by atomic mass is 10.2. The van der Waals surface area contributed by atoms with Crippen LogP contribution < -0.4 is 10.2 Å². The van der Waals surface area contributed by atoms with Crippen LogP contribution in [0.1, 0.15) is 0 Å². The number of pyridine rings is 1. The van der Waals surface area contributed by atoms with Gasteiger partial charge in [0, 0.05) is 49.6 Å². The standard InChI is InChI=1S/C17H18N4OS/c22-23(14-4-2-1-3-5-14)21-11-7-15-16(6-8-19-17(15)21)20-12-9-18-10-13-20/h1-8,11,18H,9-10,12-13H2. The maximum Gasteiger partial charge on any atom is 0.158 e. The summed E-state index contributed by atoms with van der Waals surface area (Å²) in [4.78, 5) is 7.61. The number of nitrogens with one attached hydrogen (secondary N) is 1. The first-order valence-corrected chi connectivity index (χ1v) is 8.84. The molecule has 1 saturated heterocycles. The van der Waals surface area contributed by atoms with Crippen LogP contribution in [0.25, 0.3) is 11.0 Å². The summed E-state index contributed by atoms with van der Waals surface area (Å²) in [5, 5.41) is 4.42. The van der Waals surface area contributed by atoms with Crippen molar-refractivity contribution in [2.75, 3.05) is 31.1 Å². The normalized spacial score (nSPS) is 16.6. The van der Waals surface area contributed by atoms with Gasteiger partial charge in [-0.25, -0.2) is 13.2 Å². The van der Waals surface area contributed by atoms with Crippen LogP contribution in [0.3, 0.4) is 0 Å². The van der Waals surface area contributed by atoms with Crippen molar-refractivity contribution in [3.63, 3.8) is 0 Å². The van der Waals surface area contributed by atoms with Crippen LogP contribution in [0.4, 0.5) is 5.69 Å². The van der Waals surface area contributed by atoms with Gasteiger partial charge in [0.1, 0.15) is 0 Å². The molecular weight excluding hydrogens is 308 g/mol. The van der Waals surface area contributed by atoms with E-state index in [2.05, 4.69) is 15.2 Å². The Hall–Kier alpha value is -2.18. The monoisotopic (exact) mass is 326 g/mol. The fourth-order valence-electron chi connectivity index (χ4n) is 2.97. The minimum atomic E-state index is -1.28. The zero-order valence-corrected chi connectivity index (χ0v) is 13.5. The van der Waals surface area contributed by atoms with Crippen molar-refractivity contribution in [2.45, 2.75) is 4.90 Å². The Morgan fingerprint density at radius 1 is 1.04 bits per heavy atom. The highest BCUT2D eigenvalue weighted by Crippen LogP contribution is 2.27. The summed E-state index contributed by atoms with van der Waals surface area (Å²) in [7, 11) is -1.28. The maximum absolute atomic E-state index is 12.8. The molecule has 0 saturated carbocycles. The zero-order valence-electron chi connectivity index (χ0n) is 12.7. The molecule has 0 aliphatic carbocycles. The van der Waals surface area contributed by atoms with Gasteiger partial charge >= 0.3 is 0 Å². The average Bonchev–Trinajstić information content (AvgIpc) is 3.06. The first kappa shape index (κ1) is 14.4. The van der Waals surface area contributed by atoms with E-state index in [0.29, 0.717) is 0 Å². The molecule has 1 aliphatic heterocycles. The lowest BCUT2D eigenvalue weighted by Crippen LogP contribution is -2.43. The van der Waals surface area contributed by atoms with Crippen LogP contribution in [0.2, 0.25) is 0 Å². The zero-order chi connectivity index (χ0) is 15.6. The number of piperazine rings is 1. The Kier molecular flexibility index (Phi) is 3.85. The molecule has 6 heteroatoms. The smallest absolute Gasteiger partial charge is 0.158 e. The number of nitrogens with zero attached hydrogens (tertiary/aromatic N) is 3. The molecule has 1 N–H and O–H groups in total. The molecule has 1 aliphatic rings. The lowest BCUT2D eigenvalue weighted by Gasteiger charge is -2.29. The van der Waals surface area contributed by atoms with Gasteiger partial charge in [-0.2, -0.15) is 0 Å². The molecule has 23 heavy (non-hydrogen) atoms. The van der Waals surface area contributed by atoms with E-state index in [-0.39, 0.29) is 0 Å². The van der Waals surface area contributed by atoms with Crippen molar-refractivity contribution in [3.8, 4) is 0 Å². The first-order chi connectivity index (χ1) is 11.3. The number of rotatable bonds is 3. The predicted octanol–water partition coefficient (Wildman–Crippen LogP) is 2.02. The summed E-state index contributed by atoms with van der Waals surface area (Å²) in [5.74, 6) is 0. The first-order valence-electron chi connectivity index (χ1n) is 7.73. The highest BCUT2D eigenvalue weighted by molar-refractivity contribution is 7.83. The van der Waals surface area contributed by atoms with Crippen molar-refractivity contribution in [1.82, 2.24) is 14.3 Å². The fourth-order valence-corrected chi connectivity index (χ4v) is 4.06. The Balaban J connectivity index is 1.77. The number of fused-ring (bicyclic) bond motifs is 1. The van der Waals surface area contributed by atoms with Crippen molar-refractivity contribution >= 4 is 27.7 Å². The van der Waals surface area contributed by atoms with Crippen LogP contribution in [-0.4, -0.2) is 39.3 Å². The van der Waals surface area contributed by atoms with Gasteiger partial charge < -0.3 is 10.2 Å². The summed E-state index contributed by atoms with van der Waals surface area (Å²) < 4.78 is 14.6.